The molecule has 1 fully saturated rings. The van der Waals surface area contributed by atoms with Gasteiger partial charge in [-0.05, 0) is 44.2 Å². The predicted octanol–water partition coefficient (Wildman–Crippen LogP) is 1.89. The molecule has 0 saturated heterocycles. The van der Waals surface area contributed by atoms with E-state index in [1.807, 2.05) is 6.07 Å². The van der Waals surface area contributed by atoms with Crippen molar-refractivity contribution < 1.29 is 4.42 Å². The third-order valence-electron chi connectivity index (χ3n) is 3.23. The number of nitrogens with one attached hydrogen (secondary N) is 1. The minimum Gasteiger partial charge on any atom is -0.472 e. The lowest BCUT2D eigenvalue weighted by molar-refractivity contribution is 0.314. The van der Waals surface area contributed by atoms with Crippen LogP contribution in [-0.2, 0) is 6.54 Å². The lowest BCUT2D eigenvalue weighted by Crippen LogP contribution is -2.31. The van der Waals surface area contributed by atoms with Gasteiger partial charge in [-0.25, -0.2) is 0 Å². The molecule has 3 nitrogen and oxygen atoms in total. The fourth-order valence-corrected chi connectivity index (χ4v) is 2.21. The minimum absolute atomic E-state index is 0.454. The van der Waals surface area contributed by atoms with E-state index >= 15 is 0 Å². The van der Waals surface area contributed by atoms with Gasteiger partial charge in [0.15, 0.2) is 0 Å². The Labute approximate surface area is 91.0 Å². The molecule has 1 aromatic heterocycles. The Morgan fingerprint density at radius 3 is 2.80 bits per heavy atom. The molecule has 84 valence electrons. The zero-order valence-electron chi connectivity index (χ0n) is 9.11. The molecular weight excluding hydrogens is 188 g/mol. The summed E-state index contributed by atoms with van der Waals surface area (Å²) in [4.78, 5) is 0. The fraction of sp³-hybridized carbons (Fsp3) is 0.667. The van der Waals surface area contributed by atoms with Crippen LogP contribution in [0.15, 0.2) is 23.0 Å². The van der Waals surface area contributed by atoms with Crippen molar-refractivity contribution in [2.75, 3.05) is 6.54 Å². The molecule has 0 atom stereocenters. The molecule has 0 bridgehead atoms. The summed E-state index contributed by atoms with van der Waals surface area (Å²) >= 11 is 0. The molecule has 0 aliphatic heterocycles. The Bertz CT molecular complexity index is 263. The van der Waals surface area contributed by atoms with Crippen LogP contribution in [-0.4, -0.2) is 12.6 Å². The van der Waals surface area contributed by atoms with E-state index in [0.29, 0.717) is 6.04 Å². The topological polar surface area (TPSA) is 51.2 Å². The van der Waals surface area contributed by atoms with Crippen LogP contribution in [0.4, 0.5) is 0 Å². The smallest absolute Gasteiger partial charge is 0.0947 e. The van der Waals surface area contributed by atoms with Gasteiger partial charge < -0.3 is 15.5 Å². The summed E-state index contributed by atoms with van der Waals surface area (Å²) < 4.78 is 5.01. The van der Waals surface area contributed by atoms with Gasteiger partial charge in [-0.15, -0.1) is 0 Å². The highest BCUT2D eigenvalue weighted by Crippen LogP contribution is 2.22. The molecule has 0 radical (unpaired) electrons. The molecule has 1 saturated carbocycles. The second-order valence-electron chi connectivity index (χ2n) is 4.54. The van der Waals surface area contributed by atoms with E-state index < -0.39 is 0 Å². The van der Waals surface area contributed by atoms with E-state index in [9.17, 15) is 0 Å². The van der Waals surface area contributed by atoms with Gasteiger partial charge in [0.25, 0.3) is 0 Å². The summed E-state index contributed by atoms with van der Waals surface area (Å²) in [5.74, 6) is 0.816. The van der Waals surface area contributed by atoms with Crippen molar-refractivity contribution in [3.63, 3.8) is 0 Å². The monoisotopic (exact) mass is 208 g/mol. The average Bonchev–Trinajstić information content (AvgIpc) is 2.74. The van der Waals surface area contributed by atoms with Crippen LogP contribution >= 0.6 is 0 Å². The first kappa shape index (κ1) is 10.7. The molecule has 2 rings (SSSR count). The van der Waals surface area contributed by atoms with Gasteiger partial charge in [-0.2, -0.15) is 0 Å². The summed E-state index contributed by atoms with van der Waals surface area (Å²) in [5.41, 5.74) is 7.09. The van der Waals surface area contributed by atoms with E-state index in [1.165, 1.54) is 31.2 Å². The predicted molar refractivity (Wildman–Crippen MR) is 60.3 cm³/mol. The lowest BCUT2D eigenvalue weighted by Gasteiger charge is -2.26. The van der Waals surface area contributed by atoms with Crippen LogP contribution in [0.1, 0.15) is 31.2 Å². The average molecular weight is 208 g/mol. The Hall–Kier alpha value is -0.800. The van der Waals surface area contributed by atoms with E-state index in [0.717, 1.165) is 19.0 Å². The van der Waals surface area contributed by atoms with Gasteiger partial charge in [0.2, 0.25) is 0 Å². The molecule has 15 heavy (non-hydrogen) atoms. The van der Waals surface area contributed by atoms with Crippen LogP contribution < -0.4 is 11.1 Å². The highest BCUT2D eigenvalue weighted by atomic mass is 16.3. The molecule has 1 aromatic rings. The van der Waals surface area contributed by atoms with Crippen molar-refractivity contribution in [2.45, 2.75) is 38.3 Å². The van der Waals surface area contributed by atoms with Crippen LogP contribution in [0.2, 0.25) is 0 Å². The van der Waals surface area contributed by atoms with E-state index in [4.69, 9.17) is 10.2 Å². The van der Waals surface area contributed by atoms with E-state index in [2.05, 4.69) is 5.32 Å². The van der Waals surface area contributed by atoms with Crippen molar-refractivity contribution in [3.8, 4) is 0 Å². The first-order valence-corrected chi connectivity index (χ1v) is 5.82. The molecule has 1 aliphatic rings. The number of furan rings is 1. The molecule has 0 amide bonds. The Morgan fingerprint density at radius 2 is 2.13 bits per heavy atom. The Balaban J connectivity index is 1.62. The maximum absolute atomic E-state index is 5.87. The number of nitrogens with two attached hydrogens (primary N) is 1. The highest BCUT2D eigenvalue weighted by molar-refractivity contribution is 5.04. The van der Waals surface area contributed by atoms with E-state index in [1.54, 1.807) is 12.5 Å². The number of hydrogen-bond donors (Lipinski definition) is 2. The minimum atomic E-state index is 0.454. The second-order valence-corrected chi connectivity index (χ2v) is 4.54. The molecule has 0 aromatic carbocycles. The zero-order chi connectivity index (χ0) is 10.5. The molecule has 1 heterocycles. The van der Waals surface area contributed by atoms with Gasteiger partial charge in [-0.3, -0.25) is 0 Å². The van der Waals surface area contributed by atoms with Crippen molar-refractivity contribution in [2.24, 2.45) is 11.7 Å². The normalized spacial score (nSPS) is 26.7. The Kier molecular flexibility index (Phi) is 3.80. The van der Waals surface area contributed by atoms with Crippen LogP contribution in [0.5, 0.6) is 0 Å². The molecule has 1 aliphatic carbocycles. The second kappa shape index (κ2) is 5.33. The van der Waals surface area contributed by atoms with Crippen LogP contribution in [0, 0.1) is 5.92 Å². The zero-order valence-corrected chi connectivity index (χ0v) is 9.11. The Morgan fingerprint density at radius 1 is 1.33 bits per heavy atom. The lowest BCUT2D eigenvalue weighted by atomic mass is 9.86. The third kappa shape index (κ3) is 3.36. The first-order chi connectivity index (χ1) is 7.34. The molecular formula is C12H20N2O. The molecule has 0 unspecified atom stereocenters. The van der Waals surface area contributed by atoms with Gasteiger partial charge in [0.05, 0.1) is 12.5 Å². The fourth-order valence-electron chi connectivity index (χ4n) is 2.21. The summed E-state index contributed by atoms with van der Waals surface area (Å²) in [7, 11) is 0. The standard InChI is InChI=1S/C12H20N2O/c13-12-3-1-10(2-4-12)7-14-8-11-5-6-15-9-11/h5-6,9-10,12,14H,1-4,7-8,13H2. The molecule has 0 spiro atoms. The summed E-state index contributed by atoms with van der Waals surface area (Å²) in [6.45, 7) is 2.02. The number of hydrogen-bond acceptors (Lipinski definition) is 3. The van der Waals surface area contributed by atoms with Crippen LogP contribution in [0.3, 0.4) is 0 Å². The van der Waals surface area contributed by atoms with Crippen molar-refractivity contribution in [1.29, 1.82) is 0 Å². The van der Waals surface area contributed by atoms with Gasteiger partial charge in [0.1, 0.15) is 0 Å². The molecule has 3 heteroatoms. The van der Waals surface area contributed by atoms with Crippen molar-refractivity contribution in [1.82, 2.24) is 5.32 Å². The van der Waals surface area contributed by atoms with E-state index in [-0.39, 0.29) is 0 Å². The summed E-state index contributed by atoms with van der Waals surface area (Å²) in [5, 5.41) is 3.47. The third-order valence-corrected chi connectivity index (χ3v) is 3.23. The SMILES string of the molecule is NC1CCC(CNCc2ccoc2)CC1. The van der Waals surface area contributed by atoms with Gasteiger partial charge >= 0.3 is 0 Å². The largest absolute Gasteiger partial charge is 0.472 e. The molecule has 3 N–H and O–H groups in total. The quantitative estimate of drug-likeness (QED) is 0.794. The summed E-state index contributed by atoms with van der Waals surface area (Å²) in [6.07, 6.45) is 8.45. The van der Waals surface area contributed by atoms with Crippen LogP contribution in [0.25, 0.3) is 0 Å². The van der Waals surface area contributed by atoms with Gasteiger partial charge in [0, 0.05) is 18.2 Å². The van der Waals surface area contributed by atoms with Crippen molar-refractivity contribution >= 4 is 0 Å². The maximum Gasteiger partial charge on any atom is 0.0947 e. The number of rotatable bonds is 4. The van der Waals surface area contributed by atoms with Crippen molar-refractivity contribution in [3.05, 3.63) is 24.2 Å². The summed E-state index contributed by atoms with van der Waals surface area (Å²) in [6, 6.07) is 2.46. The maximum atomic E-state index is 5.87. The highest BCUT2D eigenvalue weighted by Gasteiger charge is 2.17. The first-order valence-electron chi connectivity index (χ1n) is 5.82. The van der Waals surface area contributed by atoms with Gasteiger partial charge in [-0.1, -0.05) is 0 Å².